The van der Waals surface area contributed by atoms with Gasteiger partial charge in [0.25, 0.3) is 11.5 Å². The Morgan fingerprint density at radius 2 is 1.79 bits per heavy atom. The Labute approximate surface area is 234 Å². The van der Waals surface area contributed by atoms with Crippen LogP contribution in [0.2, 0.25) is 0 Å². The second-order valence-corrected chi connectivity index (χ2v) is 8.62. The van der Waals surface area contributed by atoms with E-state index in [0.29, 0.717) is 29.6 Å². The van der Waals surface area contributed by atoms with Crippen molar-refractivity contribution in [3.05, 3.63) is 74.6 Å². The lowest BCUT2D eigenvalue weighted by atomic mass is 10.1. The van der Waals surface area contributed by atoms with E-state index in [1.54, 1.807) is 23.3 Å². The van der Waals surface area contributed by atoms with Crippen LogP contribution in [-0.2, 0) is 16.1 Å². The molecule has 0 radical (unpaired) electrons. The highest BCUT2D eigenvalue weighted by Crippen LogP contribution is 2.19. The number of aromatic amines is 2. The highest BCUT2D eigenvalue weighted by molar-refractivity contribution is 5.97. The Morgan fingerprint density at radius 1 is 1.10 bits per heavy atom. The van der Waals surface area contributed by atoms with Crippen molar-refractivity contribution >= 4 is 46.5 Å². The molecule has 42 heavy (non-hydrogen) atoms. The van der Waals surface area contributed by atoms with Gasteiger partial charge in [-0.25, -0.2) is 19.6 Å². The van der Waals surface area contributed by atoms with Crippen LogP contribution < -0.4 is 32.9 Å². The van der Waals surface area contributed by atoms with Crippen LogP contribution in [-0.4, -0.2) is 71.1 Å². The molecule has 0 aliphatic heterocycles. The normalized spacial score (nSPS) is 11.2. The van der Waals surface area contributed by atoms with E-state index in [1.807, 2.05) is 16.9 Å². The number of fused-ring (bicyclic) bond motifs is 1. The molecule has 220 valence electrons. The summed E-state index contributed by atoms with van der Waals surface area (Å²) in [5.74, 6) is -3.90. The van der Waals surface area contributed by atoms with Gasteiger partial charge >= 0.3 is 17.6 Å². The number of carboxylic acid groups (broad SMARTS) is 2. The molecule has 1 amide bonds. The molecule has 0 spiro atoms. The van der Waals surface area contributed by atoms with E-state index in [4.69, 9.17) is 16.6 Å². The summed E-state index contributed by atoms with van der Waals surface area (Å²) in [6, 6.07) is 5.16. The number of carbonyl (C=O) groups is 3. The zero-order valence-electron chi connectivity index (χ0n) is 21.9. The number of nitrogens with one attached hydrogen (secondary N) is 3. The Balaban J connectivity index is 0.000000458. The van der Waals surface area contributed by atoms with E-state index in [2.05, 4.69) is 25.3 Å². The number of nitrogens with two attached hydrogens (primary N) is 2. The van der Waals surface area contributed by atoms with Crippen LogP contribution in [0.1, 0.15) is 28.9 Å². The lowest BCUT2D eigenvalue weighted by Crippen LogP contribution is -2.41. The minimum absolute atomic E-state index is 0.0138. The van der Waals surface area contributed by atoms with Crippen molar-refractivity contribution < 1.29 is 29.0 Å². The van der Waals surface area contributed by atoms with Crippen LogP contribution in [0, 0.1) is 5.82 Å². The van der Waals surface area contributed by atoms with Crippen LogP contribution in [0.25, 0.3) is 11.2 Å². The molecule has 9 N–H and O–H groups in total. The van der Waals surface area contributed by atoms with E-state index in [9.17, 15) is 33.5 Å². The maximum atomic E-state index is 12.4. The van der Waals surface area contributed by atoms with Crippen molar-refractivity contribution in [2.45, 2.75) is 25.4 Å². The summed E-state index contributed by atoms with van der Waals surface area (Å²) in [7, 11) is 1.82. The summed E-state index contributed by atoms with van der Waals surface area (Å²) in [5.41, 5.74) is 11.9. The van der Waals surface area contributed by atoms with Crippen LogP contribution in [0.4, 0.5) is 21.8 Å². The number of nitrogens with zero attached hydrogens (tertiary/aromatic N) is 5. The van der Waals surface area contributed by atoms with Gasteiger partial charge < -0.3 is 36.9 Å². The Bertz CT molecular complexity index is 1730. The number of rotatable bonds is 9. The van der Waals surface area contributed by atoms with E-state index in [1.165, 1.54) is 12.1 Å². The summed E-state index contributed by atoms with van der Waals surface area (Å²) < 4.78 is 12.0. The minimum Gasteiger partial charge on any atom is -0.481 e. The van der Waals surface area contributed by atoms with Crippen molar-refractivity contribution in [1.82, 2.24) is 35.2 Å². The van der Waals surface area contributed by atoms with Gasteiger partial charge in [0.2, 0.25) is 11.8 Å². The lowest BCUT2D eigenvalue weighted by molar-refractivity contribution is -0.140. The number of carboxylic acids is 2. The number of halogens is 1. The number of hydrogen-bond donors (Lipinski definition) is 7. The SMILES string of the molecule is CN(Cc1cnc2nc(N)nc(N)c2n1)c1ccc(C(=O)NC(CCC(=O)O)C(=O)O)cc1.O=c1[nH]cc(F)c(=O)[nH]1. The first kappa shape index (κ1) is 30.6. The van der Waals surface area contributed by atoms with E-state index in [0.717, 1.165) is 5.69 Å². The number of amides is 1. The second-order valence-electron chi connectivity index (χ2n) is 8.62. The number of nitrogen functional groups attached to an aromatic ring is 2. The fourth-order valence-corrected chi connectivity index (χ4v) is 3.42. The van der Waals surface area contributed by atoms with Gasteiger partial charge in [0.15, 0.2) is 17.0 Å². The molecule has 0 saturated heterocycles. The van der Waals surface area contributed by atoms with Gasteiger partial charge in [-0.1, -0.05) is 0 Å². The first-order valence-electron chi connectivity index (χ1n) is 11.9. The number of aromatic nitrogens is 6. The van der Waals surface area contributed by atoms with Crippen LogP contribution in [0.5, 0.6) is 0 Å². The number of benzene rings is 1. The molecule has 0 aliphatic carbocycles. The van der Waals surface area contributed by atoms with Crippen molar-refractivity contribution in [2.75, 3.05) is 23.4 Å². The van der Waals surface area contributed by atoms with Gasteiger partial charge in [-0.15, -0.1) is 0 Å². The molecular formula is C24H25FN10O7. The van der Waals surface area contributed by atoms with Crippen molar-refractivity contribution in [3.8, 4) is 0 Å². The van der Waals surface area contributed by atoms with Gasteiger partial charge in [0, 0.05) is 30.9 Å². The van der Waals surface area contributed by atoms with Gasteiger partial charge in [-0.2, -0.15) is 14.4 Å². The Kier molecular flexibility index (Phi) is 9.77. The summed E-state index contributed by atoms with van der Waals surface area (Å²) in [5, 5.41) is 20.2. The molecule has 1 unspecified atom stereocenters. The number of hydrogen-bond acceptors (Lipinski definition) is 12. The molecule has 0 fully saturated rings. The molecule has 3 aromatic heterocycles. The zero-order chi connectivity index (χ0) is 31.0. The van der Waals surface area contributed by atoms with Crippen LogP contribution in [0.3, 0.4) is 0 Å². The molecule has 0 saturated carbocycles. The maximum Gasteiger partial charge on any atom is 0.326 e. The Morgan fingerprint density at radius 3 is 2.38 bits per heavy atom. The number of carbonyl (C=O) groups excluding carboxylic acids is 1. The second kappa shape index (κ2) is 13.4. The molecule has 0 aliphatic rings. The van der Waals surface area contributed by atoms with Gasteiger partial charge in [-0.3, -0.25) is 19.4 Å². The lowest BCUT2D eigenvalue weighted by Gasteiger charge is -2.19. The summed E-state index contributed by atoms with van der Waals surface area (Å²) >= 11 is 0. The molecule has 3 heterocycles. The predicted octanol–water partition coefficient (Wildman–Crippen LogP) is -0.529. The molecule has 1 aromatic carbocycles. The van der Waals surface area contributed by atoms with Crippen molar-refractivity contribution in [1.29, 1.82) is 0 Å². The summed E-state index contributed by atoms with van der Waals surface area (Å²) in [6.45, 7) is 0.370. The summed E-state index contributed by atoms with van der Waals surface area (Å²) in [6.07, 6.45) is 1.67. The maximum absolute atomic E-state index is 12.4. The van der Waals surface area contributed by atoms with Crippen LogP contribution in [0.15, 0.2) is 46.2 Å². The average molecular weight is 585 g/mol. The third kappa shape index (κ3) is 8.28. The number of H-pyrrole nitrogens is 2. The number of anilines is 3. The third-order valence-electron chi connectivity index (χ3n) is 5.49. The predicted molar refractivity (Wildman–Crippen MR) is 146 cm³/mol. The quantitative estimate of drug-likeness (QED) is 0.130. The van der Waals surface area contributed by atoms with E-state index >= 15 is 0 Å². The van der Waals surface area contributed by atoms with Crippen molar-refractivity contribution in [2.24, 2.45) is 0 Å². The van der Waals surface area contributed by atoms with Gasteiger partial charge in [-0.05, 0) is 30.7 Å². The third-order valence-corrected chi connectivity index (χ3v) is 5.49. The highest BCUT2D eigenvalue weighted by Gasteiger charge is 2.21. The largest absolute Gasteiger partial charge is 0.481 e. The first-order valence-corrected chi connectivity index (χ1v) is 11.9. The fraction of sp³-hybridized carbons (Fsp3) is 0.208. The standard InChI is InChI=1S/C20H22N8O5.C4H3FN2O2/c1-28(9-11-8-23-17-15(24-11)16(21)26-20(22)27-17)12-4-2-10(3-5-12)18(31)25-13(19(32)33)6-7-14(29)30;5-2-1-6-4(9)7-3(2)8/h2-5,8,13H,6-7,9H2,1H3,(H,25,31)(H,29,30)(H,32,33)(H4,21,22,23,26,27);1H,(H2,6,7,8,9). The topological polar surface area (TPSA) is 276 Å². The van der Waals surface area contributed by atoms with Crippen LogP contribution >= 0.6 is 0 Å². The number of aliphatic carboxylic acids is 2. The van der Waals surface area contributed by atoms with E-state index < -0.39 is 41.0 Å². The smallest absolute Gasteiger partial charge is 0.326 e. The minimum atomic E-state index is -1.30. The molecule has 1 atom stereocenters. The fourth-order valence-electron chi connectivity index (χ4n) is 3.42. The van der Waals surface area contributed by atoms with Crippen molar-refractivity contribution in [3.63, 3.8) is 0 Å². The molecular weight excluding hydrogens is 559 g/mol. The molecule has 0 bridgehead atoms. The first-order chi connectivity index (χ1) is 19.8. The van der Waals surface area contributed by atoms with Gasteiger partial charge in [0.05, 0.1) is 18.4 Å². The monoisotopic (exact) mass is 584 g/mol. The molecule has 17 nitrogen and oxygen atoms in total. The summed E-state index contributed by atoms with van der Waals surface area (Å²) in [4.78, 5) is 76.7. The average Bonchev–Trinajstić information content (AvgIpc) is 2.93. The highest BCUT2D eigenvalue weighted by atomic mass is 19.1. The Hall–Kier alpha value is -5.94. The molecule has 4 rings (SSSR count). The van der Waals surface area contributed by atoms with Gasteiger partial charge in [0.1, 0.15) is 6.04 Å². The molecule has 18 heteroatoms. The van der Waals surface area contributed by atoms with E-state index in [-0.39, 0.29) is 30.2 Å². The zero-order valence-corrected chi connectivity index (χ0v) is 21.9. The molecule has 4 aromatic rings.